The van der Waals surface area contributed by atoms with E-state index in [1.807, 2.05) is 20.8 Å². The van der Waals surface area contributed by atoms with Gasteiger partial charge in [-0.3, -0.25) is 4.79 Å². The predicted molar refractivity (Wildman–Crippen MR) is 51.5 cm³/mol. The molecule has 0 radical (unpaired) electrons. The van der Waals surface area contributed by atoms with Crippen LogP contribution in [0.25, 0.3) is 0 Å². The summed E-state index contributed by atoms with van der Waals surface area (Å²) >= 11 is 0. The number of rotatable bonds is 3. The second-order valence-electron chi connectivity index (χ2n) is 3.90. The molecule has 4 heteroatoms. The summed E-state index contributed by atoms with van der Waals surface area (Å²) in [7, 11) is 0. The number of carboxylic acid groups (broad SMARTS) is 1. The fourth-order valence-corrected chi connectivity index (χ4v) is 0.954. The van der Waals surface area contributed by atoms with Crippen molar-refractivity contribution < 1.29 is 9.90 Å². The van der Waals surface area contributed by atoms with Crippen LogP contribution in [0.4, 0.5) is 0 Å². The Balaban J connectivity index is 0. The van der Waals surface area contributed by atoms with Crippen molar-refractivity contribution in [3.63, 3.8) is 0 Å². The Morgan fingerprint density at radius 2 is 1.92 bits per heavy atom. The topological polar surface area (TPSA) is 63.3 Å². The molecule has 1 atom stereocenters. The maximum atomic E-state index is 10.4. The molecule has 0 aromatic heterocycles. The van der Waals surface area contributed by atoms with E-state index in [0.717, 1.165) is 0 Å². The zero-order valence-corrected chi connectivity index (χ0v) is 8.65. The Kier molecular flexibility index (Phi) is 6.39. The standard InChI is InChI=1S/C8H17NO2.ClH/c1-8(2,3)6(5-9)4-7(10)11;/h6H,4-5,9H2,1-3H3,(H,10,11);1H. The van der Waals surface area contributed by atoms with E-state index in [0.29, 0.717) is 6.54 Å². The molecule has 0 aliphatic rings. The number of halogens is 1. The fourth-order valence-electron chi connectivity index (χ4n) is 0.954. The molecule has 0 bridgehead atoms. The number of hydrogen-bond donors (Lipinski definition) is 2. The monoisotopic (exact) mass is 195 g/mol. The minimum atomic E-state index is -0.768. The van der Waals surface area contributed by atoms with Gasteiger partial charge in [-0.2, -0.15) is 0 Å². The van der Waals surface area contributed by atoms with Crippen molar-refractivity contribution in [3.8, 4) is 0 Å². The van der Waals surface area contributed by atoms with Gasteiger partial charge in [-0.05, 0) is 17.9 Å². The molecule has 3 N–H and O–H groups in total. The Bertz CT molecular complexity index is 142. The quantitative estimate of drug-likeness (QED) is 0.718. The van der Waals surface area contributed by atoms with E-state index < -0.39 is 5.97 Å². The summed E-state index contributed by atoms with van der Waals surface area (Å²) in [6.07, 6.45) is 0.167. The summed E-state index contributed by atoms with van der Waals surface area (Å²) in [5, 5.41) is 8.52. The third-order valence-corrected chi connectivity index (χ3v) is 1.93. The van der Waals surface area contributed by atoms with Crippen molar-refractivity contribution in [2.75, 3.05) is 6.54 Å². The summed E-state index contributed by atoms with van der Waals surface area (Å²) in [6.45, 7) is 6.46. The highest BCUT2D eigenvalue weighted by Crippen LogP contribution is 2.27. The second kappa shape index (κ2) is 5.38. The summed E-state index contributed by atoms with van der Waals surface area (Å²) in [5.74, 6) is -0.699. The largest absolute Gasteiger partial charge is 0.481 e. The van der Waals surface area contributed by atoms with Crippen LogP contribution in [0.15, 0.2) is 0 Å². The van der Waals surface area contributed by atoms with Gasteiger partial charge in [0, 0.05) is 6.42 Å². The number of carboxylic acids is 1. The molecule has 0 saturated heterocycles. The summed E-state index contributed by atoms with van der Waals surface area (Å²) in [4.78, 5) is 10.4. The third-order valence-electron chi connectivity index (χ3n) is 1.93. The first-order valence-electron chi connectivity index (χ1n) is 3.79. The molecular weight excluding hydrogens is 178 g/mol. The molecule has 12 heavy (non-hydrogen) atoms. The van der Waals surface area contributed by atoms with Crippen LogP contribution in [0.1, 0.15) is 27.2 Å². The molecule has 0 rings (SSSR count). The van der Waals surface area contributed by atoms with Crippen molar-refractivity contribution in [2.45, 2.75) is 27.2 Å². The Morgan fingerprint density at radius 1 is 1.50 bits per heavy atom. The molecule has 0 heterocycles. The molecule has 0 spiro atoms. The number of hydrogen-bond acceptors (Lipinski definition) is 2. The highest BCUT2D eigenvalue weighted by Gasteiger charge is 2.25. The second-order valence-corrected chi connectivity index (χ2v) is 3.90. The predicted octanol–water partition coefficient (Wildman–Crippen LogP) is 1.50. The van der Waals surface area contributed by atoms with Crippen LogP contribution in [-0.4, -0.2) is 17.6 Å². The lowest BCUT2D eigenvalue weighted by molar-refractivity contribution is -0.138. The lowest BCUT2D eigenvalue weighted by atomic mass is 9.79. The zero-order chi connectivity index (χ0) is 9.07. The Morgan fingerprint density at radius 3 is 2.00 bits per heavy atom. The first-order chi connectivity index (χ1) is 4.88. The maximum Gasteiger partial charge on any atom is 0.303 e. The van der Waals surface area contributed by atoms with E-state index >= 15 is 0 Å². The van der Waals surface area contributed by atoms with Crippen molar-refractivity contribution in [1.82, 2.24) is 0 Å². The highest BCUT2D eigenvalue weighted by molar-refractivity contribution is 5.85. The van der Waals surface area contributed by atoms with Crippen LogP contribution in [0, 0.1) is 11.3 Å². The van der Waals surface area contributed by atoms with Gasteiger partial charge in [-0.25, -0.2) is 0 Å². The van der Waals surface area contributed by atoms with Gasteiger partial charge in [-0.1, -0.05) is 20.8 Å². The third kappa shape index (κ3) is 5.38. The molecule has 0 saturated carbocycles. The van der Waals surface area contributed by atoms with Crippen LogP contribution in [0.2, 0.25) is 0 Å². The minimum Gasteiger partial charge on any atom is -0.481 e. The lowest BCUT2D eigenvalue weighted by Gasteiger charge is -2.27. The van der Waals surface area contributed by atoms with Crippen LogP contribution >= 0.6 is 12.4 Å². The van der Waals surface area contributed by atoms with E-state index in [1.165, 1.54) is 0 Å². The molecule has 3 nitrogen and oxygen atoms in total. The summed E-state index contributed by atoms with van der Waals surface area (Å²) < 4.78 is 0. The van der Waals surface area contributed by atoms with Crippen LogP contribution in [-0.2, 0) is 4.79 Å². The summed E-state index contributed by atoms with van der Waals surface area (Å²) in [5.41, 5.74) is 5.44. The van der Waals surface area contributed by atoms with Crippen molar-refractivity contribution in [3.05, 3.63) is 0 Å². The van der Waals surface area contributed by atoms with Gasteiger partial charge in [-0.15, -0.1) is 12.4 Å². The molecule has 1 unspecified atom stereocenters. The van der Waals surface area contributed by atoms with Gasteiger partial charge in [0.25, 0.3) is 0 Å². The van der Waals surface area contributed by atoms with Gasteiger partial charge in [0.2, 0.25) is 0 Å². The number of nitrogens with two attached hydrogens (primary N) is 1. The molecule has 0 aromatic rings. The van der Waals surface area contributed by atoms with Crippen molar-refractivity contribution >= 4 is 18.4 Å². The SMILES string of the molecule is CC(C)(C)C(CN)CC(=O)O.Cl. The average molecular weight is 196 g/mol. The first-order valence-corrected chi connectivity index (χ1v) is 3.79. The number of carbonyl (C=O) groups is 1. The molecule has 0 amide bonds. The van der Waals surface area contributed by atoms with Gasteiger partial charge in [0.15, 0.2) is 0 Å². The minimum absolute atomic E-state index is 0. The molecule has 74 valence electrons. The Labute approximate surface area is 79.7 Å². The van der Waals surface area contributed by atoms with E-state index in [1.54, 1.807) is 0 Å². The van der Waals surface area contributed by atoms with E-state index in [-0.39, 0.29) is 30.2 Å². The maximum absolute atomic E-state index is 10.4. The smallest absolute Gasteiger partial charge is 0.303 e. The van der Waals surface area contributed by atoms with Crippen LogP contribution in [0.5, 0.6) is 0 Å². The van der Waals surface area contributed by atoms with E-state index in [4.69, 9.17) is 10.8 Å². The highest BCUT2D eigenvalue weighted by atomic mass is 35.5. The molecule has 0 aromatic carbocycles. The van der Waals surface area contributed by atoms with Crippen molar-refractivity contribution in [2.24, 2.45) is 17.1 Å². The molecule has 0 fully saturated rings. The van der Waals surface area contributed by atoms with Gasteiger partial charge < -0.3 is 10.8 Å². The van der Waals surface area contributed by atoms with E-state index in [9.17, 15) is 4.79 Å². The molecular formula is C8H18ClNO2. The Hall–Kier alpha value is -0.280. The van der Waals surface area contributed by atoms with Gasteiger partial charge in [0.05, 0.1) is 0 Å². The first kappa shape index (κ1) is 14.3. The normalized spacial score (nSPS) is 13.3. The lowest BCUT2D eigenvalue weighted by Crippen LogP contribution is -2.30. The van der Waals surface area contributed by atoms with Crippen LogP contribution < -0.4 is 5.73 Å². The zero-order valence-electron chi connectivity index (χ0n) is 7.83. The fraction of sp³-hybridized carbons (Fsp3) is 0.875. The van der Waals surface area contributed by atoms with Gasteiger partial charge in [0.1, 0.15) is 0 Å². The summed E-state index contributed by atoms with van der Waals surface area (Å²) in [6, 6.07) is 0. The average Bonchev–Trinajstić information content (AvgIpc) is 1.79. The molecule has 0 aliphatic heterocycles. The van der Waals surface area contributed by atoms with Gasteiger partial charge >= 0.3 is 5.97 Å². The van der Waals surface area contributed by atoms with E-state index in [2.05, 4.69) is 0 Å². The van der Waals surface area contributed by atoms with Crippen molar-refractivity contribution in [1.29, 1.82) is 0 Å². The van der Waals surface area contributed by atoms with Crippen LogP contribution in [0.3, 0.4) is 0 Å². The molecule has 0 aliphatic carbocycles. The number of aliphatic carboxylic acids is 1.